The van der Waals surface area contributed by atoms with Gasteiger partial charge in [0.2, 0.25) is 0 Å². The second-order valence-electron chi connectivity index (χ2n) is 7.53. The van der Waals surface area contributed by atoms with Crippen molar-refractivity contribution in [2.75, 3.05) is 0 Å². The highest BCUT2D eigenvalue weighted by Gasteiger charge is 2.29. The molecule has 0 aromatic heterocycles. The Morgan fingerprint density at radius 3 is 2.27 bits per heavy atom. The van der Waals surface area contributed by atoms with E-state index in [4.69, 9.17) is 0 Å². The van der Waals surface area contributed by atoms with Gasteiger partial charge in [-0.2, -0.15) is 0 Å². The minimum atomic E-state index is -0.530. The molecule has 0 amide bonds. The van der Waals surface area contributed by atoms with Gasteiger partial charge in [0.15, 0.2) is 0 Å². The van der Waals surface area contributed by atoms with E-state index in [1.165, 1.54) is 89.0 Å². The van der Waals surface area contributed by atoms with Crippen molar-refractivity contribution < 1.29 is 5.11 Å². The second kappa shape index (κ2) is 9.55. The van der Waals surface area contributed by atoms with Crippen LogP contribution in [0.2, 0.25) is 0 Å². The quantitative estimate of drug-likeness (QED) is 0.459. The molecule has 1 atom stereocenters. The lowest BCUT2D eigenvalue weighted by Gasteiger charge is -2.32. The van der Waals surface area contributed by atoms with Crippen LogP contribution in [0, 0.1) is 0 Å². The maximum Gasteiger partial charge on any atom is 0.0867 e. The van der Waals surface area contributed by atoms with Crippen LogP contribution in [0.25, 0.3) is 0 Å². The molecule has 1 N–H and O–H groups in total. The standard InChI is InChI=1S/C21H36O/c1-2-3-4-5-6-7-8-9-12-16-21(22)17-15-19-13-10-11-14-20(19)18-21/h15,17,22H,2-14,16,18H2,1H3. The molecule has 0 spiro atoms. The summed E-state index contributed by atoms with van der Waals surface area (Å²) in [5.41, 5.74) is 2.55. The molecule has 0 heterocycles. The van der Waals surface area contributed by atoms with Crippen molar-refractivity contribution in [2.45, 2.75) is 109 Å². The maximum absolute atomic E-state index is 10.8. The van der Waals surface area contributed by atoms with E-state index in [1.54, 1.807) is 5.57 Å². The van der Waals surface area contributed by atoms with Crippen LogP contribution in [0.15, 0.2) is 23.3 Å². The van der Waals surface area contributed by atoms with Gasteiger partial charge >= 0.3 is 0 Å². The van der Waals surface area contributed by atoms with E-state index >= 15 is 0 Å². The third-order valence-electron chi connectivity index (χ3n) is 5.46. The minimum Gasteiger partial charge on any atom is -0.385 e. The average Bonchev–Trinajstić information content (AvgIpc) is 2.53. The predicted octanol–water partition coefficient (Wildman–Crippen LogP) is 6.47. The topological polar surface area (TPSA) is 20.2 Å². The van der Waals surface area contributed by atoms with Gasteiger partial charge in [0.05, 0.1) is 5.60 Å². The second-order valence-corrected chi connectivity index (χ2v) is 7.53. The fourth-order valence-corrected chi connectivity index (χ4v) is 3.99. The normalized spacial score (nSPS) is 24.6. The van der Waals surface area contributed by atoms with E-state index < -0.39 is 5.60 Å². The molecule has 2 rings (SSSR count). The molecule has 0 fully saturated rings. The number of hydrogen-bond acceptors (Lipinski definition) is 1. The monoisotopic (exact) mass is 304 g/mol. The van der Waals surface area contributed by atoms with Crippen LogP contribution in [0.4, 0.5) is 0 Å². The van der Waals surface area contributed by atoms with Gasteiger partial charge in [0.25, 0.3) is 0 Å². The summed E-state index contributed by atoms with van der Waals surface area (Å²) in [5.74, 6) is 0. The minimum absolute atomic E-state index is 0.530. The van der Waals surface area contributed by atoms with Crippen molar-refractivity contribution in [1.82, 2.24) is 0 Å². The van der Waals surface area contributed by atoms with Gasteiger partial charge in [-0.25, -0.2) is 0 Å². The molecule has 0 saturated carbocycles. The van der Waals surface area contributed by atoms with Crippen LogP contribution in [-0.2, 0) is 0 Å². The first-order valence-electron chi connectivity index (χ1n) is 9.86. The van der Waals surface area contributed by atoms with Gasteiger partial charge in [-0.05, 0) is 37.7 Å². The van der Waals surface area contributed by atoms with E-state index in [1.807, 2.05) is 0 Å². The van der Waals surface area contributed by atoms with Crippen LogP contribution in [0.3, 0.4) is 0 Å². The van der Waals surface area contributed by atoms with E-state index in [9.17, 15) is 5.11 Å². The van der Waals surface area contributed by atoms with Crippen LogP contribution in [-0.4, -0.2) is 10.7 Å². The lowest BCUT2D eigenvalue weighted by Crippen LogP contribution is -2.29. The van der Waals surface area contributed by atoms with Crippen molar-refractivity contribution in [3.63, 3.8) is 0 Å². The molecule has 22 heavy (non-hydrogen) atoms. The summed E-state index contributed by atoms with van der Waals surface area (Å²) in [6, 6.07) is 0. The zero-order valence-corrected chi connectivity index (χ0v) is 14.7. The smallest absolute Gasteiger partial charge is 0.0867 e. The van der Waals surface area contributed by atoms with Gasteiger partial charge in [-0.1, -0.05) is 82.4 Å². The summed E-state index contributed by atoms with van der Waals surface area (Å²) in [7, 11) is 0. The Labute approximate surface area is 137 Å². The Kier molecular flexibility index (Phi) is 7.72. The molecular formula is C21H36O. The van der Waals surface area contributed by atoms with E-state index in [0.717, 1.165) is 12.8 Å². The van der Waals surface area contributed by atoms with E-state index in [2.05, 4.69) is 19.1 Å². The van der Waals surface area contributed by atoms with Gasteiger partial charge in [0.1, 0.15) is 0 Å². The number of rotatable bonds is 10. The molecule has 0 radical (unpaired) electrons. The molecule has 126 valence electrons. The van der Waals surface area contributed by atoms with E-state index in [-0.39, 0.29) is 0 Å². The summed E-state index contributed by atoms with van der Waals surface area (Å²) in [4.78, 5) is 0. The highest BCUT2D eigenvalue weighted by molar-refractivity contribution is 5.35. The Morgan fingerprint density at radius 2 is 1.55 bits per heavy atom. The van der Waals surface area contributed by atoms with Crippen LogP contribution >= 0.6 is 0 Å². The Morgan fingerprint density at radius 1 is 0.909 bits per heavy atom. The first kappa shape index (κ1) is 17.8. The van der Waals surface area contributed by atoms with Gasteiger partial charge in [0, 0.05) is 6.42 Å². The SMILES string of the molecule is CCCCCCCCCCCC1(O)C=CC2=C(CCCC2)C1. The molecule has 1 nitrogen and oxygen atoms in total. The summed E-state index contributed by atoms with van der Waals surface area (Å²) >= 11 is 0. The predicted molar refractivity (Wildman–Crippen MR) is 96.0 cm³/mol. The average molecular weight is 305 g/mol. The highest BCUT2D eigenvalue weighted by atomic mass is 16.3. The van der Waals surface area contributed by atoms with Crippen molar-refractivity contribution >= 4 is 0 Å². The third-order valence-corrected chi connectivity index (χ3v) is 5.46. The summed E-state index contributed by atoms with van der Waals surface area (Å²) in [6.07, 6.45) is 23.5. The van der Waals surface area contributed by atoms with Crippen LogP contribution in [0.1, 0.15) is 103 Å². The molecule has 2 aliphatic rings. The molecule has 0 aromatic rings. The molecule has 0 saturated heterocycles. The molecule has 0 aromatic carbocycles. The number of allylic oxidation sites excluding steroid dienone is 2. The van der Waals surface area contributed by atoms with Crippen molar-refractivity contribution in [3.8, 4) is 0 Å². The molecule has 2 aliphatic carbocycles. The summed E-state index contributed by atoms with van der Waals surface area (Å²) in [6.45, 7) is 2.27. The Bertz CT molecular complexity index is 379. The zero-order chi connectivity index (χ0) is 15.7. The molecule has 0 bridgehead atoms. The summed E-state index contributed by atoms with van der Waals surface area (Å²) < 4.78 is 0. The summed E-state index contributed by atoms with van der Waals surface area (Å²) in [5, 5.41) is 10.8. The Balaban J connectivity index is 1.56. The maximum atomic E-state index is 10.8. The zero-order valence-electron chi connectivity index (χ0n) is 14.7. The van der Waals surface area contributed by atoms with Gasteiger partial charge in [-0.15, -0.1) is 0 Å². The number of aliphatic hydroxyl groups is 1. The fourth-order valence-electron chi connectivity index (χ4n) is 3.99. The number of unbranched alkanes of at least 4 members (excludes halogenated alkanes) is 8. The molecule has 1 unspecified atom stereocenters. The lowest BCUT2D eigenvalue weighted by molar-refractivity contribution is 0.0752. The Hall–Kier alpha value is -0.560. The van der Waals surface area contributed by atoms with Crippen molar-refractivity contribution in [3.05, 3.63) is 23.3 Å². The molecular weight excluding hydrogens is 268 g/mol. The first-order valence-corrected chi connectivity index (χ1v) is 9.86. The highest BCUT2D eigenvalue weighted by Crippen LogP contribution is 2.38. The van der Waals surface area contributed by atoms with Gasteiger partial charge < -0.3 is 5.11 Å². The van der Waals surface area contributed by atoms with Crippen molar-refractivity contribution in [2.24, 2.45) is 0 Å². The molecule has 1 heteroatoms. The van der Waals surface area contributed by atoms with E-state index in [0.29, 0.717) is 0 Å². The van der Waals surface area contributed by atoms with Crippen LogP contribution in [0.5, 0.6) is 0 Å². The fraction of sp³-hybridized carbons (Fsp3) is 0.810. The van der Waals surface area contributed by atoms with Gasteiger partial charge in [-0.3, -0.25) is 0 Å². The first-order chi connectivity index (χ1) is 10.7. The van der Waals surface area contributed by atoms with Crippen molar-refractivity contribution in [1.29, 1.82) is 0 Å². The molecule has 0 aliphatic heterocycles. The number of hydrogen-bond donors (Lipinski definition) is 1. The lowest BCUT2D eigenvalue weighted by atomic mass is 9.77. The largest absolute Gasteiger partial charge is 0.385 e. The van der Waals surface area contributed by atoms with Crippen LogP contribution < -0.4 is 0 Å². The third kappa shape index (κ3) is 5.91.